The van der Waals surface area contributed by atoms with Gasteiger partial charge in [0.15, 0.2) is 0 Å². The molecule has 0 saturated heterocycles. The summed E-state index contributed by atoms with van der Waals surface area (Å²) in [4.78, 5) is 39.1. The summed E-state index contributed by atoms with van der Waals surface area (Å²) in [6.45, 7) is 34.3. The predicted molar refractivity (Wildman–Crippen MR) is 294 cm³/mol. The van der Waals surface area contributed by atoms with Gasteiger partial charge in [0.25, 0.3) is 0 Å². The summed E-state index contributed by atoms with van der Waals surface area (Å²) >= 11 is 0. The van der Waals surface area contributed by atoms with Crippen LogP contribution in [0.15, 0.2) is 0 Å². The molecule has 0 aromatic heterocycles. The van der Waals surface area contributed by atoms with Gasteiger partial charge in [-0.3, -0.25) is 0 Å². The van der Waals surface area contributed by atoms with E-state index >= 15 is 0 Å². The molecule has 0 N–H and O–H groups in total. The SMILES string of the molecule is COCC(C)(COC)C(=O)[O-].COCC(C)OCC(C)OCC(C)OCC(C)OCC(C)OCC(C)OCC(C)OCC(C)OCC(C)OCC(C)OCC(C)OCC(C)OC.COCCOOCCOOCCOOCCOC.[Na+]. The summed E-state index contributed by atoms with van der Waals surface area (Å²) in [5.41, 5.74) is -1.04. The Hall–Kier alpha value is -0.450. The Labute approximate surface area is 509 Å². The Kier molecular flexibility index (Phi) is 65.7. The average Bonchev–Trinajstić information content (AvgIpc) is 3.43. The maximum Gasteiger partial charge on any atom is 1.00 e. The van der Waals surface area contributed by atoms with Crippen molar-refractivity contribution in [2.45, 2.75) is 163 Å². The summed E-state index contributed by atoms with van der Waals surface area (Å²) < 4.78 is 93.8. The number of rotatable bonds is 56. The Morgan fingerprint density at radius 3 is 0.642 bits per heavy atom. The van der Waals surface area contributed by atoms with Crippen molar-refractivity contribution in [2.75, 3.05) is 188 Å². The van der Waals surface area contributed by atoms with Crippen LogP contribution in [0, 0.1) is 5.41 Å². The first kappa shape index (κ1) is 87.0. The monoisotopic (exact) mass is 1200 g/mol. The van der Waals surface area contributed by atoms with Crippen molar-refractivity contribution < 1.29 is 149 Å². The fraction of sp³-hybridized carbons (Fsp3) is 0.982. The number of hydrogen-bond acceptors (Lipinski definition) is 25. The van der Waals surface area contributed by atoms with Crippen molar-refractivity contribution in [1.29, 1.82) is 0 Å². The molecule has 0 aliphatic rings. The number of carbonyl (C=O) groups excluding carboxylic acids is 1. The molecule has 12 atom stereocenters. The number of ether oxygens (including phenoxy) is 17. The largest absolute Gasteiger partial charge is 1.00 e. The maximum atomic E-state index is 10.5. The molecule has 0 bridgehead atoms. The van der Waals surface area contributed by atoms with Gasteiger partial charge in [-0.15, -0.1) is 0 Å². The van der Waals surface area contributed by atoms with Gasteiger partial charge in [0, 0.05) is 42.7 Å². The van der Waals surface area contributed by atoms with Crippen LogP contribution in [0.4, 0.5) is 0 Å². The van der Waals surface area contributed by atoms with Crippen LogP contribution in [0.2, 0.25) is 0 Å². The van der Waals surface area contributed by atoms with Gasteiger partial charge in [0.1, 0.15) is 39.6 Å². The second-order valence-corrected chi connectivity index (χ2v) is 19.7. The van der Waals surface area contributed by atoms with Gasteiger partial charge in [-0.25, -0.2) is 29.3 Å². The Balaban J connectivity index is -0.000000801. The van der Waals surface area contributed by atoms with E-state index in [0.717, 1.165) is 0 Å². The van der Waals surface area contributed by atoms with Gasteiger partial charge in [0.05, 0.1) is 190 Å². The first-order chi connectivity index (χ1) is 38.1. The zero-order valence-electron chi connectivity index (χ0n) is 53.7. The van der Waals surface area contributed by atoms with E-state index in [4.69, 9.17) is 110 Å². The van der Waals surface area contributed by atoms with Crippen molar-refractivity contribution in [1.82, 2.24) is 0 Å². The minimum absolute atomic E-state index is 0. The second kappa shape index (κ2) is 61.2. The third-order valence-electron chi connectivity index (χ3n) is 10.5. The Morgan fingerprint density at radius 1 is 0.296 bits per heavy atom. The number of carboxylic acids is 1. The molecule has 0 rings (SSSR count). The molecule has 484 valence electrons. The van der Waals surface area contributed by atoms with E-state index in [1.807, 2.05) is 83.1 Å². The number of aliphatic carboxylic acids is 1. The van der Waals surface area contributed by atoms with E-state index in [1.54, 1.807) is 28.4 Å². The maximum absolute atomic E-state index is 10.5. The Morgan fingerprint density at radius 2 is 0.481 bits per heavy atom. The van der Waals surface area contributed by atoms with Crippen LogP contribution in [0.5, 0.6) is 0 Å². The number of methoxy groups -OCH3 is 6. The molecule has 0 saturated carbocycles. The van der Waals surface area contributed by atoms with Gasteiger partial charge in [0.2, 0.25) is 0 Å². The van der Waals surface area contributed by atoms with Crippen molar-refractivity contribution in [2.24, 2.45) is 5.41 Å². The molecule has 0 aromatic carbocycles. The van der Waals surface area contributed by atoms with Crippen LogP contribution in [0.25, 0.3) is 0 Å². The van der Waals surface area contributed by atoms with Crippen LogP contribution in [-0.4, -0.2) is 267 Å². The number of hydrogen-bond donors (Lipinski definition) is 0. The van der Waals surface area contributed by atoms with Crippen molar-refractivity contribution in [3.63, 3.8) is 0 Å². The molecule has 0 aromatic rings. The van der Waals surface area contributed by atoms with Crippen LogP contribution in [0.1, 0.15) is 90.0 Å². The van der Waals surface area contributed by atoms with E-state index in [-0.39, 0.29) is 142 Å². The first-order valence-corrected chi connectivity index (χ1v) is 27.8. The second-order valence-electron chi connectivity index (χ2n) is 19.7. The average molecular weight is 1200 g/mol. The van der Waals surface area contributed by atoms with E-state index in [1.165, 1.54) is 21.1 Å². The van der Waals surface area contributed by atoms with Crippen molar-refractivity contribution >= 4 is 5.97 Å². The molecule has 25 nitrogen and oxygen atoms in total. The first-order valence-electron chi connectivity index (χ1n) is 27.8. The molecule has 0 heterocycles. The summed E-state index contributed by atoms with van der Waals surface area (Å²) in [7, 11) is 9.39. The predicted octanol–water partition coefficient (Wildman–Crippen LogP) is 1.29. The van der Waals surface area contributed by atoms with E-state index < -0.39 is 11.4 Å². The van der Waals surface area contributed by atoms with E-state index in [9.17, 15) is 9.90 Å². The topological polar surface area (TPSA) is 252 Å². The van der Waals surface area contributed by atoms with Crippen LogP contribution in [-0.2, 0) is 115 Å². The minimum atomic E-state index is -1.15. The quantitative estimate of drug-likeness (QED) is 0.0360. The van der Waals surface area contributed by atoms with Gasteiger partial charge in [-0.2, -0.15) is 0 Å². The van der Waals surface area contributed by atoms with Gasteiger partial charge in [-0.1, -0.05) is 0 Å². The van der Waals surface area contributed by atoms with Gasteiger partial charge >= 0.3 is 29.6 Å². The summed E-state index contributed by atoms with van der Waals surface area (Å²) in [6.07, 6.45) is -0.464. The number of carbonyl (C=O) groups is 1. The molecule has 0 amide bonds. The zero-order valence-corrected chi connectivity index (χ0v) is 55.7. The van der Waals surface area contributed by atoms with Crippen LogP contribution < -0.4 is 34.7 Å². The standard InChI is InChI=1S/C38H78O13.C10H22O8.C7H14O4.Na/c1-27(40-14)16-41-29(3)18-43-31(5)20-45-33(7)22-47-35(9)24-49-37(11)26-51-38(12)25-50-36(10)23-48-34(8)21-46-32(6)19-44-30(4)17-42-28(2)15-39-13;1-11-3-5-13-15-7-9-17-18-10-8-16-14-6-4-12-2;1-7(4-10-2,5-11-3)6(8)9;/h27-38H,15-26H2,1-14H3;3-10H2,1-2H3;4-5H2,1-3H3,(H,8,9);/q;;;+1/p-1. The third kappa shape index (κ3) is 61.0. The van der Waals surface area contributed by atoms with Gasteiger partial charge in [-0.05, 0) is 90.0 Å². The minimum Gasteiger partial charge on any atom is -0.549 e. The van der Waals surface area contributed by atoms with E-state index in [0.29, 0.717) is 106 Å². The van der Waals surface area contributed by atoms with Crippen molar-refractivity contribution in [3.8, 4) is 0 Å². The van der Waals surface area contributed by atoms with Crippen LogP contribution in [0.3, 0.4) is 0 Å². The van der Waals surface area contributed by atoms with Crippen LogP contribution >= 0.6 is 0 Å². The molecule has 0 aliphatic heterocycles. The normalized spacial score (nSPS) is 16.2. The Bertz CT molecular complexity index is 1270. The molecule has 12 unspecified atom stereocenters. The fourth-order valence-corrected chi connectivity index (χ4v) is 5.65. The molecule has 81 heavy (non-hydrogen) atoms. The molecule has 0 spiro atoms. The zero-order chi connectivity index (χ0) is 60.8. The summed E-state index contributed by atoms with van der Waals surface area (Å²) in [5, 5.41) is 10.5. The van der Waals surface area contributed by atoms with E-state index in [2.05, 4.69) is 0 Å². The fourth-order valence-electron chi connectivity index (χ4n) is 5.65. The molecule has 0 radical (unpaired) electrons. The number of carboxylic acid groups (broad SMARTS) is 1. The smallest absolute Gasteiger partial charge is 0.549 e. The van der Waals surface area contributed by atoms with Gasteiger partial charge < -0.3 is 90.4 Å². The molecule has 0 aliphatic carbocycles. The molecular formula is C55H113NaO25. The molecule has 26 heteroatoms. The summed E-state index contributed by atoms with van der Waals surface area (Å²) in [5.74, 6) is -1.15. The molecular weight excluding hydrogens is 1080 g/mol. The van der Waals surface area contributed by atoms with Crippen molar-refractivity contribution in [3.05, 3.63) is 0 Å². The third-order valence-corrected chi connectivity index (χ3v) is 10.5. The molecule has 0 fully saturated rings. The summed E-state index contributed by atoms with van der Waals surface area (Å²) in [6, 6.07) is 0.